The third-order valence-corrected chi connectivity index (χ3v) is 12.9. The molecule has 230 valence electrons. The molecule has 0 N–H and O–H groups in total. The molecule has 15 heteroatoms. The van der Waals surface area contributed by atoms with E-state index in [-0.39, 0.29) is 41.8 Å². The summed E-state index contributed by atoms with van der Waals surface area (Å²) in [7, 11) is -4.13. The van der Waals surface area contributed by atoms with Crippen LogP contribution >= 0.6 is 75.3 Å². The van der Waals surface area contributed by atoms with Crippen molar-refractivity contribution in [3.8, 4) is 5.75 Å². The predicted octanol–water partition coefficient (Wildman–Crippen LogP) is 8.00. The molecule has 4 aromatic carbocycles. The number of aryl methyl sites for hydroxylation is 1. The Kier molecular flexibility index (Phi) is 9.74. The maximum atomic E-state index is 13.8. The molecule has 0 atom stereocenters. The van der Waals surface area contributed by atoms with E-state index in [0.717, 1.165) is 10.6 Å². The number of hydrazine groups is 1. The number of fused-ring (bicyclic) bond motifs is 1. The standard InChI is InChI=1S/C30H17Br4ClN2O7S/c1-15-2-12-20(13-3-15)45(42,43)44-19-10-6-16(7-11-19)21(38)14-36(28(39)17-4-8-18(35)9-5-17)37-29(40)22-23(30(37)41)25(32)27(34)26(33)24(22)31/h2-13H,14H2,1H3. The lowest BCUT2D eigenvalue weighted by atomic mass is 10.1. The van der Waals surface area contributed by atoms with E-state index in [4.69, 9.17) is 15.8 Å². The summed E-state index contributed by atoms with van der Waals surface area (Å²) < 4.78 is 32.0. The van der Waals surface area contributed by atoms with Crippen molar-refractivity contribution in [2.24, 2.45) is 0 Å². The van der Waals surface area contributed by atoms with Crippen LogP contribution < -0.4 is 4.18 Å². The molecule has 0 aromatic heterocycles. The van der Waals surface area contributed by atoms with Gasteiger partial charge in [0.05, 0.1) is 11.1 Å². The van der Waals surface area contributed by atoms with Crippen LogP contribution in [-0.2, 0) is 10.1 Å². The summed E-state index contributed by atoms with van der Waals surface area (Å²) in [5.41, 5.74) is 0.976. The first kappa shape index (κ1) is 33.5. The smallest absolute Gasteiger partial charge is 0.339 e. The van der Waals surface area contributed by atoms with E-state index in [1.54, 1.807) is 12.1 Å². The van der Waals surface area contributed by atoms with Gasteiger partial charge in [0.1, 0.15) is 17.2 Å². The fourth-order valence-electron chi connectivity index (χ4n) is 4.33. The zero-order chi connectivity index (χ0) is 32.8. The Morgan fingerprint density at radius 1 is 0.756 bits per heavy atom. The van der Waals surface area contributed by atoms with Gasteiger partial charge in [0.15, 0.2) is 5.78 Å². The van der Waals surface area contributed by atoms with Crippen molar-refractivity contribution in [3.63, 3.8) is 0 Å². The lowest BCUT2D eigenvalue weighted by molar-refractivity contribution is 0.00527. The summed E-state index contributed by atoms with van der Waals surface area (Å²) >= 11 is 19.4. The highest BCUT2D eigenvalue weighted by Crippen LogP contribution is 2.45. The molecule has 0 saturated heterocycles. The molecular weight excluding hydrogens is 887 g/mol. The SMILES string of the molecule is Cc1ccc(S(=O)(=O)Oc2ccc(C(=O)CN(C(=O)c3ccc(Cl)cc3)N3C(=O)c4c(Br)c(Br)c(Br)c(Br)c4C3=O)cc2)cc1. The average Bonchev–Trinajstić information content (AvgIpc) is 3.27. The Labute approximate surface area is 296 Å². The highest BCUT2D eigenvalue weighted by Gasteiger charge is 2.46. The Bertz CT molecular complexity index is 1960. The molecule has 1 aliphatic heterocycles. The number of ketones is 1. The summed E-state index contributed by atoms with van der Waals surface area (Å²) in [4.78, 5) is 54.7. The summed E-state index contributed by atoms with van der Waals surface area (Å²) in [6.45, 7) is 1.11. The van der Waals surface area contributed by atoms with E-state index in [9.17, 15) is 27.6 Å². The molecule has 1 heterocycles. The van der Waals surface area contributed by atoms with Crippen molar-refractivity contribution in [3.05, 3.63) is 124 Å². The number of hydrogen-bond acceptors (Lipinski definition) is 7. The number of benzene rings is 4. The normalized spacial score (nSPS) is 12.7. The first-order chi connectivity index (χ1) is 21.2. The molecule has 1 aliphatic rings. The van der Waals surface area contributed by atoms with Crippen molar-refractivity contribution < 1.29 is 31.8 Å². The van der Waals surface area contributed by atoms with Crippen molar-refractivity contribution >= 4 is 109 Å². The molecule has 0 unspecified atom stereocenters. The number of halogens is 5. The maximum Gasteiger partial charge on any atom is 0.339 e. The lowest BCUT2D eigenvalue weighted by Gasteiger charge is -2.29. The topological polar surface area (TPSA) is 118 Å². The number of carbonyl (C=O) groups is 4. The van der Waals surface area contributed by atoms with E-state index < -0.39 is 40.2 Å². The van der Waals surface area contributed by atoms with Gasteiger partial charge >= 0.3 is 10.1 Å². The monoisotopic (exact) mass is 900 g/mol. The van der Waals surface area contributed by atoms with Crippen LogP contribution in [0.15, 0.2) is 95.6 Å². The van der Waals surface area contributed by atoms with Crippen molar-refractivity contribution in [2.75, 3.05) is 6.54 Å². The second kappa shape index (κ2) is 13.1. The fraction of sp³-hybridized carbons (Fsp3) is 0.0667. The van der Waals surface area contributed by atoms with Crippen LogP contribution in [0.1, 0.15) is 47.0 Å². The average molecular weight is 905 g/mol. The molecule has 0 fully saturated rings. The third-order valence-electron chi connectivity index (χ3n) is 6.63. The molecule has 45 heavy (non-hydrogen) atoms. The number of hydrogen-bond donors (Lipinski definition) is 0. The first-order valence-electron chi connectivity index (χ1n) is 12.7. The number of carbonyl (C=O) groups excluding carboxylic acids is 4. The number of Topliss-reactive ketones (excluding diaryl/α,β-unsaturated/α-hetero) is 1. The van der Waals surface area contributed by atoms with Crippen LogP contribution in [0.25, 0.3) is 0 Å². The molecule has 0 aliphatic carbocycles. The van der Waals surface area contributed by atoms with Gasteiger partial charge in [-0.15, -0.1) is 0 Å². The van der Waals surface area contributed by atoms with Gasteiger partial charge in [-0.25, -0.2) is 5.01 Å². The number of rotatable bonds is 8. The van der Waals surface area contributed by atoms with Crippen molar-refractivity contribution in [1.82, 2.24) is 10.0 Å². The molecule has 0 saturated carbocycles. The fourth-order valence-corrected chi connectivity index (χ4v) is 7.85. The van der Waals surface area contributed by atoms with Crippen LogP contribution in [0.2, 0.25) is 5.02 Å². The lowest BCUT2D eigenvalue weighted by Crippen LogP contribution is -2.51. The van der Waals surface area contributed by atoms with Crippen molar-refractivity contribution in [2.45, 2.75) is 11.8 Å². The summed E-state index contributed by atoms with van der Waals surface area (Å²) in [5.74, 6) is -3.19. The van der Waals surface area contributed by atoms with Gasteiger partial charge in [0.25, 0.3) is 17.7 Å². The number of nitrogens with zero attached hydrogens (tertiary/aromatic N) is 2. The van der Waals surface area contributed by atoms with Gasteiger partial charge in [-0.05, 0) is 131 Å². The van der Waals surface area contributed by atoms with Gasteiger partial charge in [-0.1, -0.05) is 29.3 Å². The van der Waals surface area contributed by atoms with Crippen LogP contribution in [0.4, 0.5) is 0 Å². The van der Waals surface area contributed by atoms with E-state index in [2.05, 4.69) is 63.7 Å². The molecule has 0 spiro atoms. The van der Waals surface area contributed by atoms with Crippen LogP contribution in [0, 0.1) is 6.92 Å². The highest BCUT2D eigenvalue weighted by atomic mass is 79.9. The molecule has 4 aromatic rings. The Hall–Kier alpha value is -2.88. The maximum absolute atomic E-state index is 13.8. The van der Waals surface area contributed by atoms with Gasteiger partial charge in [-0.3, -0.25) is 19.2 Å². The zero-order valence-corrected chi connectivity index (χ0v) is 30.6. The van der Waals surface area contributed by atoms with E-state index in [0.29, 0.717) is 19.0 Å². The molecule has 9 nitrogen and oxygen atoms in total. The summed E-state index contributed by atoms with van der Waals surface area (Å²) in [6, 6.07) is 17.0. The largest absolute Gasteiger partial charge is 0.379 e. The molecule has 0 bridgehead atoms. The quantitative estimate of drug-likeness (QED) is 0.0579. The highest BCUT2D eigenvalue weighted by molar-refractivity contribution is 9.15. The van der Waals surface area contributed by atoms with E-state index in [1.165, 1.54) is 60.7 Å². The molecule has 3 amide bonds. The van der Waals surface area contributed by atoms with Crippen LogP contribution in [0.3, 0.4) is 0 Å². The van der Waals surface area contributed by atoms with E-state index >= 15 is 0 Å². The molecular formula is C30H17Br4ClN2O7S. The second-order valence-electron chi connectivity index (χ2n) is 9.60. The van der Waals surface area contributed by atoms with Crippen molar-refractivity contribution in [1.29, 1.82) is 0 Å². The number of amides is 3. The van der Waals surface area contributed by atoms with Crippen LogP contribution in [0.5, 0.6) is 5.75 Å². The molecule has 0 radical (unpaired) electrons. The summed E-state index contributed by atoms with van der Waals surface area (Å²) in [6.07, 6.45) is 0. The van der Waals surface area contributed by atoms with Crippen LogP contribution in [-0.4, -0.2) is 48.5 Å². The summed E-state index contributed by atoms with van der Waals surface area (Å²) in [5, 5.41) is 1.74. The van der Waals surface area contributed by atoms with Gasteiger partial charge in [0.2, 0.25) is 0 Å². The zero-order valence-electron chi connectivity index (χ0n) is 22.7. The second-order valence-corrected chi connectivity index (χ2v) is 14.8. The first-order valence-corrected chi connectivity index (χ1v) is 17.6. The van der Waals surface area contributed by atoms with Gasteiger partial charge < -0.3 is 4.18 Å². The number of imide groups is 1. The van der Waals surface area contributed by atoms with E-state index in [1.807, 2.05) is 6.92 Å². The Morgan fingerprint density at radius 2 is 1.24 bits per heavy atom. The minimum Gasteiger partial charge on any atom is -0.379 e. The van der Waals surface area contributed by atoms with Gasteiger partial charge in [0, 0.05) is 34.0 Å². The predicted molar refractivity (Wildman–Crippen MR) is 180 cm³/mol. The molecule has 5 rings (SSSR count). The minimum absolute atomic E-state index is 0.0143. The Balaban J connectivity index is 1.46. The van der Waals surface area contributed by atoms with Gasteiger partial charge in [-0.2, -0.15) is 13.4 Å². The third kappa shape index (κ3) is 6.54. The Morgan fingerprint density at radius 3 is 1.76 bits per heavy atom. The minimum atomic E-state index is -4.13.